The molecule has 1 aromatic rings. The van der Waals surface area contributed by atoms with Gasteiger partial charge in [-0.2, -0.15) is 0 Å². The molecule has 23 heavy (non-hydrogen) atoms. The highest BCUT2D eigenvalue weighted by molar-refractivity contribution is 5.74. The molecule has 2 rings (SSSR count). The molecule has 5 heteroatoms. The molecule has 1 heterocycles. The minimum absolute atomic E-state index is 0.0431. The quantitative estimate of drug-likeness (QED) is 0.847. The van der Waals surface area contributed by atoms with Gasteiger partial charge in [-0.25, -0.2) is 4.79 Å². The van der Waals surface area contributed by atoms with Crippen LogP contribution >= 0.6 is 0 Å². The first-order valence-electron chi connectivity index (χ1n) is 8.50. The summed E-state index contributed by atoms with van der Waals surface area (Å²) in [6.45, 7) is 6.11. The Kier molecular flexibility index (Phi) is 6.71. The largest absolute Gasteiger partial charge is 0.488 e. The number of nitrogens with one attached hydrogen (secondary N) is 1. The van der Waals surface area contributed by atoms with Gasteiger partial charge in [0.1, 0.15) is 11.9 Å². The highest BCUT2D eigenvalue weighted by atomic mass is 16.5. The van der Waals surface area contributed by atoms with E-state index in [1.54, 1.807) is 4.90 Å². The minimum Gasteiger partial charge on any atom is -0.488 e. The van der Waals surface area contributed by atoms with E-state index in [-0.39, 0.29) is 24.7 Å². The van der Waals surface area contributed by atoms with Gasteiger partial charge in [0.05, 0.1) is 6.54 Å². The Morgan fingerprint density at radius 1 is 1.48 bits per heavy atom. The van der Waals surface area contributed by atoms with Crippen LogP contribution < -0.4 is 10.1 Å². The number of carbonyl (C=O) groups is 1. The Morgan fingerprint density at radius 2 is 2.26 bits per heavy atom. The zero-order chi connectivity index (χ0) is 16.7. The zero-order valence-corrected chi connectivity index (χ0v) is 14.1. The summed E-state index contributed by atoms with van der Waals surface area (Å²) in [4.78, 5) is 14.1. The molecule has 0 bridgehead atoms. The Balaban J connectivity index is 1.83. The van der Waals surface area contributed by atoms with Crippen molar-refractivity contribution in [3.63, 3.8) is 0 Å². The fraction of sp³-hybridized carbons (Fsp3) is 0.611. The van der Waals surface area contributed by atoms with Crippen molar-refractivity contribution >= 4 is 6.03 Å². The number of nitrogens with zero attached hydrogens (tertiary/aromatic N) is 1. The van der Waals surface area contributed by atoms with Gasteiger partial charge in [-0.05, 0) is 43.7 Å². The monoisotopic (exact) mass is 320 g/mol. The normalized spacial score (nSPS) is 19.3. The molecule has 1 fully saturated rings. The molecule has 128 valence electrons. The summed E-state index contributed by atoms with van der Waals surface area (Å²) in [6.07, 6.45) is 2.73. The minimum atomic E-state index is -0.0602. The molecule has 2 unspecified atom stereocenters. The smallest absolute Gasteiger partial charge is 0.317 e. The lowest BCUT2D eigenvalue weighted by molar-refractivity contribution is 0.125. The number of aliphatic hydroxyl groups excluding tert-OH is 1. The lowest BCUT2D eigenvalue weighted by Gasteiger charge is -2.32. The molecule has 0 radical (unpaired) electrons. The zero-order valence-electron chi connectivity index (χ0n) is 14.1. The molecule has 0 aromatic heterocycles. The molecule has 2 atom stereocenters. The number of ether oxygens (including phenoxy) is 1. The van der Waals surface area contributed by atoms with Crippen LogP contribution in [0.5, 0.6) is 5.75 Å². The summed E-state index contributed by atoms with van der Waals surface area (Å²) in [5, 5.41) is 12.2. The molecule has 2 amide bonds. The molecule has 0 spiro atoms. The SMILES string of the molecule is CCC(CNC(=O)N1CCCC(CO)C1)Oc1ccccc1C. The van der Waals surface area contributed by atoms with Crippen molar-refractivity contribution < 1.29 is 14.6 Å². The number of aliphatic hydroxyl groups is 1. The number of rotatable bonds is 6. The molecule has 1 aliphatic heterocycles. The van der Waals surface area contributed by atoms with Crippen LogP contribution in [0.4, 0.5) is 4.79 Å². The molecule has 1 saturated heterocycles. The van der Waals surface area contributed by atoms with E-state index in [1.807, 2.05) is 31.2 Å². The third kappa shape index (κ3) is 5.13. The number of carbonyl (C=O) groups excluding carboxylic acids is 1. The predicted octanol–water partition coefficient (Wildman–Crippen LogP) is 2.57. The van der Waals surface area contributed by atoms with Crippen LogP contribution in [0, 0.1) is 12.8 Å². The second-order valence-corrected chi connectivity index (χ2v) is 6.24. The third-order valence-electron chi connectivity index (χ3n) is 4.39. The summed E-state index contributed by atoms with van der Waals surface area (Å²) < 4.78 is 6.00. The van der Waals surface area contributed by atoms with Gasteiger partial charge >= 0.3 is 6.03 Å². The molecule has 2 N–H and O–H groups in total. The van der Waals surface area contributed by atoms with E-state index < -0.39 is 0 Å². The number of likely N-dealkylation sites (tertiary alicyclic amines) is 1. The van der Waals surface area contributed by atoms with Crippen LogP contribution in [-0.4, -0.2) is 48.4 Å². The first-order valence-corrected chi connectivity index (χ1v) is 8.50. The first kappa shape index (κ1) is 17.6. The molecule has 0 saturated carbocycles. The summed E-state index contributed by atoms with van der Waals surface area (Å²) in [6, 6.07) is 7.85. The van der Waals surface area contributed by atoms with Crippen LogP contribution in [-0.2, 0) is 0 Å². The van der Waals surface area contributed by atoms with Gasteiger partial charge in [-0.15, -0.1) is 0 Å². The van der Waals surface area contributed by atoms with Crippen LogP contribution in [0.2, 0.25) is 0 Å². The lowest BCUT2D eigenvalue weighted by atomic mass is 9.99. The van der Waals surface area contributed by atoms with Crippen LogP contribution in [0.15, 0.2) is 24.3 Å². The van der Waals surface area contributed by atoms with Gasteiger partial charge in [-0.3, -0.25) is 0 Å². The van der Waals surface area contributed by atoms with Crippen molar-refractivity contribution in [1.82, 2.24) is 10.2 Å². The van der Waals surface area contributed by atoms with E-state index in [9.17, 15) is 9.90 Å². The second-order valence-electron chi connectivity index (χ2n) is 6.24. The highest BCUT2D eigenvalue weighted by Gasteiger charge is 2.23. The van der Waals surface area contributed by atoms with Crippen molar-refractivity contribution in [2.75, 3.05) is 26.2 Å². The summed E-state index contributed by atoms with van der Waals surface area (Å²) in [5.41, 5.74) is 1.10. The lowest BCUT2D eigenvalue weighted by Crippen LogP contribution is -2.48. The first-order chi connectivity index (χ1) is 11.1. The van der Waals surface area contributed by atoms with Crippen LogP contribution in [0.1, 0.15) is 31.7 Å². The Bertz CT molecular complexity index is 507. The molecule has 5 nitrogen and oxygen atoms in total. The fourth-order valence-electron chi connectivity index (χ4n) is 2.85. The summed E-state index contributed by atoms with van der Waals surface area (Å²) >= 11 is 0. The van der Waals surface area contributed by atoms with E-state index in [0.29, 0.717) is 13.1 Å². The Morgan fingerprint density at radius 3 is 2.96 bits per heavy atom. The average Bonchev–Trinajstić information content (AvgIpc) is 2.59. The van der Waals surface area contributed by atoms with Gasteiger partial charge in [0, 0.05) is 19.7 Å². The number of hydrogen-bond acceptors (Lipinski definition) is 3. The fourth-order valence-corrected chi connectivity index (χ4v) is 2.85. The number of benzene rings is 1. The van der Waals surface area contributed by atoms with Gasteiger partial charge < -0.3 is 20.1 Å². The maximum Gasteiger partial charge on any atom is 0.317 e. The summed E-state index contributed by atoms with van der Waals surface area (Å²) in [5.74, 6) is 1.08. The molecule has 1 aliphatic rings. The van der Waals surface area contributed by atoms with Crippen LogP contribution in [0.3, 0.4) is 0 Å². The van der Waals surface area contributed by atoms with Crippen molar-refractivity contribution in [2.45, 2.75) is 39.2 Å². The van der Waals surface area contributed by atoms with Crippen molar-refractivity contribution in [3.8, 4) is 5.75 Å². The van der Waals surface area contributed by atoms with Gasteiger partial charge in [0.15, 0.2) is 0 Å². The van der Waals surface area contributed by atoms with E-state index in [2.05, 4.69) is 12.2 Å². The number of urea groups is 1. The van der Waals surface area contributed by atoms with Crippen LogP contribution in [0.25, 0.3) is 0 Å². The van der Waals surface area contributed by atoms with Gasteiger partial charge in [-0.1, -0.05) is 25.1 Å². The van der Waals surface area contributed by atoms with Gasteiger partial charge in [0.25, 0.3) is 0 Å². The van der Waals surface area contributed by atoms with E-state index >= 15 is 0 Å². The molecule has 1 aromatic carbocycles. The maximum absolute atomic E-state index is 12.3. The topological polar surface area (TPSA) is 61.8 Å². The number of piperidine rings is 1. The summed E-state index contributed by atoms with van der Waals surface area (Å²) in [7, 11) is 0. The van der Waals surface area contributed by atoms with E-state index in [4.69, 9.17) is 4.74 Å². The van der Waals surface area contributed by atoms with Crippen molar-refractivity contribution in [3.05, 3.63) is 29.8 Å². The average molecular weight is 320 g/mol. The predicted molar refractivity (Wildman–Crippen MR) is 90.7 cm³/mol. The third-order valence-corrected chi connectivity index (χ3v) is 4.39. The number of para-hydroxylation sites is 1. The van der Waals surface area contributed by atoms with Crippen molar-refractivity contribution in [1.29, 1.82) is 0 Å². The molecular formula is C18H28N2O3. The number of hydrogen-bond donors (Lipinski definition) is 2. The maximum atomic E-state index is 12.3. The number of amides is 2. The highest BCUT2D eigenvalue weighted by Crippen LogP contribution is 2.19. The number of aryl methyl sites for hydroxylation is 1. The second kappa shape index (κ2) is 8.77. The van der Waals surface area contributed by atoms with Gasteiger partial charge in [0.2, 0.25) is 0 Å². The van der Waals surface area contributed by atoms with Crippen molar-refractivity contribution in [2.24, 2.45) is 5.92 Å². The van der Waals surface area contributed by atoms with E-state index in [1.165, 1.54) is 0 Å². The Labute approximate surface area is 138 Å². The molecule has 0 aliphatic carbocycles. The van der Waals surface area contributed by atoms with E-state index in [0.717, 1.165) is 37.1 Å². The Hall–Kier alpha value is -1.75. The standard InChI is InChI=1S/C18H28N2O3/c1-3-16(23-17-9-5-4-7-14(17)2)11-19-18(22)20-10-6-8-15(12-20)13-21/h4-5,7,9,15-16,21H,3,6,8,10-13H2,1-2H3,(H,19,22). The molecular weight excluding hydrogens is 292 g/mol.